The maximum atomic E-state index is 11.4. The summed E-state index contributed by atoms with van der Waals surface area (Å²) in [6.07, 6.45) is 1.06. The van der Waals surface area contributed by atoms with Crippen molar-refractivity contribution >= 4 is 15.7 Å². The van der Waals surface area contributed by atoms with Crippen LogP contribution in [-0.2, 0) is 14.6 Å². The Kier molecular flexibility index (Phi) is 3.11. The van der Waals surface area contributed by atoms with Crippen LogP contribution in [0.3, 0.4) is 0 Å². The van der Waals surface area contributed by atoms with Crippen LogP contribution in [0.5, 0.6) is 0 Å². The molecule has 0 unspecified atom stereocenters. The van der Waals surface area contributed by atoms with Gasteiger partial charge < -0.3 is 10.6 Å². The molecule has 1 aliphatic rings. The van der Waals surface area contributed by atoms with E-state index in [1.54, 1.807) is 0 Å². The summed E-state index contributed by atoms with van der Waals surface area (Å²) in [7, 11) is -3.23. The summed E-state index contributed by atoms with van der Waals surface area (Å²) in [5.74, 6) is -0.472. The second-order valence-corrected chi connectivity index (χ2v) is 6.85. The van der Waals surface area contributed by atoms with Gasteiger partial charge in [0, 0.05) is 19.3 Å². The molecule has 1 heterocycles. The zero-order valence-corrected chi connectivity index (χ0v) is 10.2. The summed E-state index contributed by atoms with van der Waals surface area (Å²) in [5, 5.41) is 0. The Morgan fingerprint density at radius 3 is 2.27 bits per heavy atom. The van der Waals surface area contributed by atoms with Gasteiger partial charge in [-0.05, 0) is 5.92 Å². The van der Waals surface area contributed by atoms with Gasteiger partial charge >= 0.3 is 0 Å². The molecule has 0 aliphatic carbocycles. The van der Waals surface area contributed by atoms with Crippen molar-refractivity contribution in [2.45, 2.75) is 19.4 Å². The van der Waals surface area contributed by atoms with Gasteiger partial charge in [-0.25, -0.2) is 8.42 Å². The van der Waals surface area contributed by atoms with Crippen LogP contribution < -0.4 is 5.73 Å². The molecule has 5 nitrogen and oxygen atoms in total. The predicted octanol–water partition coefficient (Wildman–Crippen LogP) is -0.773. The summed E-state index contributed by atoms with van der Waals surface area (Å²) in [6.45, 7) is 4.91. The number of nitrogens with two attached hydrogens (primary N) is 1. The first-order valence-electron chi connectivity index (χ1n) is 4.88. The fourth-order valence-electron chi connectivity index (χ4n) is 1.52. The van der Waals surface area contributed by atoms with Crippen LogP contribution in [0.25, 0.3) is 0 Å². The fourth-order valence-corrected chi connectivity index (χ4v) is 2.15. The first-order chi connectivity index (χ1) is 6.64. The Morgan fingerprint density at radius 1 is 1.47 bits per heavy atom. The van der Waals surface area contributed by atoms with Crippen LogP contribution in [0.4, 0.5) is 0 Å². The number of nitrogens with zero attached hydrogens (tertiary/aromatic N) is 1. The molecular formula is C9H18N2O3S. The van der Waals surface area contributed by atoms with Gasteiger partial charge in [0.2, 0.25) is 5.91 Å². The molecule has 0 saturated carbocycles. The van der Waals surface area contributed by atoms with Crippen molar-refractivity contribution in [2.75, 3.05) is 25.1 Å². The molecule has 0 aromatic carbocycles. The van der Waals surface area contributed by atoms with Gasteiger partial charge in [-0.2, -0.15) is 0 Å². The third-order valence-electron chi connectivity index (χ3n) is 2.86. The highest BCUT2D eigenvalue weighted by atomic mass is 32.2. The molecule has 0 aromatic heterocycles. The summed E-state index contributed by atoms with van der Waals surface area (Å²) in [4.78, 5) is 12.9. The second-order valence-electron chi connectivity index (χ2n) is 4.71. The second kappa shape index (κ2) is 3.75. The van der Waals surface area contributed by atoms with Crippen molar-refractivity contribution in [2.24, 2.45) is 11.7 Å². The topological polar surface area (TPSA) is 80.5 Å². The Balaban J connectivity index is 2.49. The zero-order valence-electron chi connectivity index (χ0n) is 9.36. The molecule has 1 rings (SSSR count). The van der Waals surface area contributed by atoms with Crippen molar-refractivity contribution in [1.29, 1.82) is 0 Å². The number of hydrogen-bond donors (Lipinski definition) is 1. The van der Waals surface area contributed by atoms with E-state index in [2.05, 4.69) is 0 Å². The van der Waals surface area contributed by atoms with Crippen LogP contribution in [0, 0.1) is 5.92 Å². The molecule has 0 radical (unpaired) electrons. The Labute approximate surface area is 90.5 Å². The smallest absolute Gasteiger partial charge is 0.237 e. The van der Waals surface area contributed by atoms with Gasteiger partial charge in [0.15, 0.2) is 9.84 Å². The Morgan fingerprint density at radius 2 is 1.93 bits per heavy atom. The quantitative estimate of drug-likeness (QED) is 0.695. The third kappa shape index (κ3) is 2.92. The number of amides is 1. The number of rotatable bonds is 3. The van der Waals surface area contributed by atoms with E-state index in [-0.39, 0.29) is 11.4 Å². The van der Waals surface area contributed by atoms with Crippen molar-refractivity contribution in [3.8, 4) is 0 Å². The zero-order chi connectivity index (χ0) is 11.9. The minimum atomic E-state index is -3.23. The van der Waals surface area contributed by atoms with Gasteiger partial charge in [-0.1, -0.05) is 13.8 Å². The van der Waals surface area contributed by atoms with E-state index < -0.39 is 15.6 Å². The monoisotopic (exact) mass is 234 g/mol. The molecule has 15 heavy (non-hydrogen) atoms. The molecular weight excluding hydrogens is 216 g/mol. The average molecular weight is 234 g/mol. The Hall–Kier alpha value is -0.620. The number of carbonyl (C=O) groups excluding carboxylic acids is 1. The van der Waals surface area contributed by atoms with E-state index in [4.69, 9.17) is 5.73 Å². The van der Waals surface area contributed by atoms with Crippen LogP contribution >= 0.6 is 0 Å². The molecule has 1 fully saturated rings. The lowest BCUT2D eigenvalue weighted by Crippen LogP contribution is -2.71. The van der Waals surface area contributed by atoms with E-state index >= 15 is 0 Å². The number of likely N-dealkylation sites (tertiary alicyclic amines) is 1. The molecule has 1 saturated heterocycles. The van der Waals surface area contributed by atoms with Crippen LogP contribution in [0.1, 0.15) is 13.8 Å². The summed E-state index contributed by atoms with van der Waals surface area (Å²) in [6, 6.07) is 0. The number of carbonyl (C=O) groups is 1. The van der Waals surface area contributed by atoms with E-state index in [1.807, 2.05) is 13.8 Å². The highest BCUT2D eigenvalue weighted by Gasteiger charge is 2.44. The lowest BCUT2D eigenvalue weighted by Gasteiger charge is -2.50. The fraction of sp³-hybridized carbons (Fsp3) is 0.889. The van der Waals surface area contributed by atoms with E-state index in [0.29, 0.717) is 19.0 Å². The van der Waals surface area contributed by atoms with Crippen molar-refractivity contribution in [3.05, 3.63) is 0 Å². The first kappa shape index (κ1) is 12.4. The number of sulfone groups is 1. The van der Waals surface area contributed by atoms with Gasteiger partial charge in [-0.3, -0.25) is 4.79 Å². The van der Waals surface area contributed by atoms with Crippen LogP contribution in [-0.4, -0.2) is 49.9 Å². The van der Waals surface area contributed by atoms with Crippen LogP contribution in [0.2, 0.25) is 0 Å². The standard InChI is InChI=1S/C9H18N2O3S/c1-7(2)9(10)5-11(6-9)8(12)4-15(3,13)14/h7H,4-6,10H2,1-3H3. The van der Waals surface area contributed by atoms with Gasteiger partial charge in [0.1, 0.15) is 5.75 Å². The lowest BCUT2D eigenvalue weighted by atomic mass is 9.80. The largest absolute Gasteiger partial charge is 0.338 e. The highest BCUT2D eigenvalue weighted by molar-refractivity contribution is 7.91. The predicted molar refractivity (Wildman–Crippen MR) is 58.0 cm³/mol. The van der Waals surface area contributed by atoms with Crippen molar-refractivity contribution in [1.82, 2.24) is 4.90 Å². The van der Waals surface area contributed by atoms with E-state index in [1.165, 1.54) is 4.90 Å². The molecule has 1 amide bonds. The first-order valence-corrected chi connectivity index (χ1v) is 6.94. The molecule has 6 heteroatoms. The molecule has 2 N–H and O–H groups in total. The maximum absolute atomic E-state index is 11.4. The lowest BCUT2D eigenvalue weighted by molar-refractivity contribution is -0.137. The van der Waals surface area contributed by atoms with Gasteiger partial charge in [0.25, 0.3) is 0 Å². The number of hydrogen-bond acceptors (Lipinski definition) is 4. The summed E-state index contributed by atoms with van der Waals surface area (Å²) in [5.41, 5.74) is 5.65. The molecule has 0 spiro atoms. The highest BCUT2D eigenvalue weighted by Crippen LogP contribution is 2.26. The molecule has 0 aromatic rings. The average Bonchev–Trinajstić information content (AvgIpc) is 1.94. The van der Waals surface area contributed by atoms with Gasteiger partial charge in [0.05, 0.1) is 5.54 Å². The normalized spacial score (nSPS) is 20.2. The molecule has 0 atom stereocenters. The minimum absolute atomic E-state index is 0.291. The maximum Gasteiger partial charge on any atom is 0.237 e. The molecule has 1 aliphatic heterocycles. The van der Waals surface area contributed by atoms with E-state index in [9.17, 15) is 13.2 Å². The summed E-state index contributed by atoms with van der Waals surface area (Å²) >= 11 is 0. The molecule has 88 valence electrons. The minimum Gasteiger partial charge on any atom is -0.338 e. The van der Waals surface area contributed by atoms with Crippen molar-refractivity contribution in [3.63, 3.8) is 0 Å². The van der Waals surface area contributed by atoms with Gasteiger partial charge in [-0.15, -0.1) is 0 Å². The molecule has 0 bridgehead atoms. The Bertz CT molecular complexity index is 356. The summed E-state index contributed by atoms with van der Waals surface area (Å²) < 4.78 is 21.8. The SMILES string of the molecule is CC(C)C1(N)CN(C(=O)CS(C)(=O)=O)C1. The third-order valence-corrected chi connectivity index (χ3v) is 3.63. The van der Waals surface area contributed by atoms with Crippen LogP contribution in [0.15, 0.2) is 0 Å². The van der Waals surface area contributed by atoms with Crippen molar-refractivity contribution < 1.29 is 13.2 Å². The van der Waals surface area contributed by atoms with E-state index in [0.717, 1.165) is 6.26 Å².